The van der Waals surface area contributed by atoms with E-state index >= 15 is 0 Å². The van der Waals surface area contributed by atoms with Gasteiger partial charge in [0, 0.05) is 18.7 Å². The van der Waals surface area contributed by atoms with Gasteiger partial charge < -0.3 is 15.6 Å². The van der Waals surface area contributed by atoms with Crippen LogP contribution in [0.15, 0.2) is 29.4 Å². The second-order valence-corrected chi connectivity index (χ2v) is 3.82. The van der Waals surface area contributed by atoms with Crippen LogP contribution >= 0.6 is 12.6 Å². The number of rotatable bonds is 5. The highest BCUT2D eigenvalue weighted by Gasteiger charge is 2.12. The minimum Gasteiger partial charge on any atom is -0.508 e. The van der Waals surface area contributed by atoms with Gasteiger partial charge in [0.05, 0.1) is 0 Å². The van der Waals surface area contributed by atoms with E-state index in [2.05, 4.69) is 23.1 Å². The third-order valence-corrected chi connectivity index (χ3v) is 2.31. The first-order chi connectivity index (χ1) is 8.17. The van der Waals surface area contributed by atoms with Gasteiger partial charge in [0.15, 0.2) is 0 Å². The van der Waals surface area contributed by atoms with Crippen LogP contribution in [0.3, 0.4) is 0 Å². The van der Waals surface area contributed by atoms with Crippen molar-refractivity contribution in [1.29, 1.82) is 0 Å². The molecule has 3 N–H and O–H groups in total. The zero-order valence-corrected chi connectivity index (χ0v) is 10.0. The maximum absolute atomic E-state index is 11.5. The average Bonchev–Trinajstić information content (AvgIpc) is 2.35. The van der Waals surface area contributed by atoms with Crippen LogP contribution in [-0.4, -0.2) is 34.2 Å². The van der Waals surface area contributed by atoms with E-state index in [4.69, 9.17) is 10.3 Å². The van der Waals surface area contributed by atoms with Crippen LogP contribution in [0.2, 0.25) is 0 Å². The molecule has 0 unspecified atom stereocenters. The number of amides is 1. The van der Waals surface area contributed by atoms with Crippen molar-refractivity contribution in [3.05, 3.63) is 29.8 Å². The molecule has 0 aliphatic rings. The van der Waals surface area contributed by atoms with E-state index in [1.54, 1.807) is 12.1 Å². The second kappa shape index (κ2) is 6.80. The first-order valence-electron chi connectivity index (χ1n) is 5.05. The lowest BCUT2D eigenvalue weighted by molar-refractivity contribution is -0.114. The number of nitrogens with zero attached hydrogens (tertiary/aromatic N) is 1. The Morgan fingerprint density at radius 1 is 1.35 bits per heavy atom. The summed E-state index contributed by atoms with van der Waals surface area (Å²) in [5.74, 6) is 0.245. The van der Waals surface area contributed by atoms with Crippen molar-refractivity contribution in [3.8, 4) is 5.75 Å². The molecule has 0 aliphatic carbocycles. The van der Waals surface area contributed by atoms with Crippen LogP contribution in [0.25, 0.3) is 0 Å². The average molecular weight is 254 g/mol. The topological polar surface area (TPSA) is 81.9 Å². The molecule has 0 atom stereocenters. The van der Waals surface area contributed by atoms with Gasteiger partial charge in [-0.05, 0) is 17.7 Å². The molecular formula is C11H14N2O3S. The number of hydrogen-bond acceptors (Lipinski definition) is 5. The molecule has 5 nitrogen and oxygen atoms in total. The SMILES string of the molecule is O=C(NCCS)/C(Cc1ccc(O)cc1)=N/O. The van der Waals surface area contributed by atoms with Crippen molar-refractivity contribution in [2.75, 3.05) is 12.3 Å². The standard InChI is InChI=1S/C11H14N2O3S/c14-9-3-1-8(2-4-9)7-10(13-16)11(15)12-5-6-17/h1-4,14,16-17H,5-7H2,(H,12,15)/b13-10+. The monoisotopic (exact) mass is 254 g/mol. The number of phenols is 1. The Labute approximate surface area is 105 Å². The van der Waals surface area contributed by atoms with Gasteiger partial charge in [-0.1, -0.05) is 17.3 Å². The highest BCUT2D eigenvalue weighted by Crippen LogP contribution is 2.10. The number of carbonyl (C=O) groups is 1. The molecule has 17 heavy (non-hydrogen) atoms. The molecule has 0 radical (unpaired) electrons. The highest BCUT2D eigenvalue weighted by atomic mass is 32.1. The molecule has 0 fully saturated rings. The van der Waals surface area contributed by atoms with E-state index in [1.807, 2.05) is 0 Å². The molecule has 0 saturated carbocycles. The maximum atomic E-state index is 11.5. The predicted molar refractivity (Wildman–Crippen MR) is 67.9 cm³/mol. The highest BCUT2D eigenvalue weighted by molar-refractivity contribution is 7.80. The Morgan fingerprint density at radius 2 is 2.00 bits per heavy atom. The van der Waals surface area contributed by atoms with Gasteiger partial charge in [0.1, 0.15) is 11.5 Å². The van der Waals surface area contributed by atoms with E-state index in [9.17, 15) is 4.79 Å². The lowest BCUT2D eigenvalue weighted by atomic mass is 10.1. The van der Waals surface area contributed by atoms with Gasteiger partial charge >= 0.3 is 0 Å². The number of hydrogen-bond donors (Lipinski definition) is 4. The van der Waals surface area contributed by atoms with Gasteiger partial charge in [-0.2, -0.15) is 12.6 Å². The van der Waals surface area contributed by atoms with Crippen LogP contribution in [0, 0.1) is 0 Å². The van der Waals surface area contributed by atoms with Gasteiger partial charge in [0.25, 0.3) is 5.91 Å². The van der Waals surface area contributed by atoms with E-state index in [-0.39, 0.29) is 17.9 Å². The van der Waals surface area contributed by atoms with Crippen molar-refractivity contribution >= 4 is 24.2 Å². The molecular weight excluding hydrogens is 240 g/mol. The number of phenolic OH excluding ortho intramolecular Hbond substituents is 1. The molecule has 0 bridgehead atoms. The molecule has 0 aromatic heterocycles. The molecule has 0 heterocycles. The number of aromatic hydroxyl groups is 1. The number of carbonyl (C=O) groups excluding carboxylic acids is 1. The zero-order valence-electron chi connectivity index (χ0n) is 9.13. The molecule has 1 aromatic carbocycles. The van der Waals surface area contributed by atoms with E-state index in [0.29, 0.717) is 12.3 Å². The Bertz CT molecular complexity index is 404. The second-order valence-electron chi connectivity index (χ2n) is 3.37. The number of thiol groups is 1. The summed E-state index contributed by atoms with van der Waals surface area (Å²) in [7, 11) is 0. The van der Waals surface area contributed by atoms with Crippen LogP contribution in [0.4, 0.5) is 0 Å². The summed E-state index contributed by atoms with van der Waals surface area (Å²) >= 11 is 3.96. The van der Waals surface area contributed by atoms with E-state index in [1.165, 1.54) is 12.1 Å². The normalized spacial score (nSPS) is 11.2. The van der Waals surface area contributed by atoms with Crippen molar-refractivity contribution < 1.29 is 15.1 Å². The summed E-state index contributed by atoms with van der Waals surface area (Å²) in [6.07, 6.45) is 0.204. The first kappa shape index (κ1) is 13.4. The molecule has 0 saturated heterocycles. The van der Waals surface area contributed by atoms with Gasteiger partial charge in [-0.25, -0.2) is 0 Å². The zero-order chi connectivity index (χ0) is 12.7. The summed E-state index contributed by atoms with van der Waals surface area (Å²) in [5, 5.41) is 23.4. The molecule has 0 aliphatic heterocycles. The van der Waals surface area contributed by atoms with Gasteiger partial charge in [0.2, 0.25) is 0 Å². The Hall–Kier alpha value is -1.69. The molecule has 1 amide bonds. The number of benzene rings is 1. The fourth-order valence-electron chi connectivity index (χ4n) is 1.24. The summed E-state index contributed by atoms with van der Waals surface area (Å²) < 4.78 is 0. The smallest absolute Gasteiger partial charge is 0.269 e. The Morgan fingerprint density at radius 3 is 2.53 bits per heavy atom. The molecule has 92 valence electrons. The van der Waals surface area contributed by atoms with Crippen molar-refractivity contribution in [3.63, 3.8) is 0 Å². The maximum Gasteiger partial charge on any atom is 0.269 e. The lowest BCUT2D eigenvalue weighted by Gasteiger charge is -2.05. The van der Waals surface area contributed by atoms with Crippen molar-refractivity contribution in [2.45, 2.75) is 6.42 Å². The van der Waals surface area contributed by atoms with E-state index in [0.717, 1.165) is 5.56 Å². The van der Waals surface area contributed by atoms with Crippen LogP contribution in [-0.2, 0) is 11.2 Å². The Kier molecular flexibility index (Phi) is 5.35. The van der Waals surface area contributed by atoms with Crippen molar-refractivity contribution in [2.24, 2.45) is 5.16 Å². The Balaban J connectivity index is 2.64. The van der Waals surface area contributed by atoms with Crippen molar-refractivity contribution in [1.82, 2.24) is 5.32 Å². The summed E-state index contributed by atoms with van der Waals surface area (Å²) in [6, 6.07) is 6.34. The van der Waals surface area contributed by atoms with Crippen LogP contribution < -0.4 is 5.32 Å². The van der Waals surface area contributed by atoms with Gasteiger partial charge in [-0.15, -0.1) is 0 Å². The third-order valence-electron chi connectivity index (χ3n) is 2.09. The van der Waals surface area contributed by atoms with Crippen LogP contribution in [0.5, 0.6) is 5.75 Å². The largest absolute Gasteiger partial charge is 0.508 e. The lowest BCUT2D eigenvalue weighted by Crippen LogP contribution is -2.33. The third kappa shape index (κ3) is 4.36. The minimum absolute atomic E-state index is 0.0254. The summed E-state index contributed by atoms with van der Waals surface area (Å²) in [6.45, 7) is 0.413. The molecule has 6 heteroatoms. The first-order valence-corrected chi connectivity index (χ1v) is 5.68. The fourth-order valence-corrected chi connectivity index (χ4v) is 1.35. The van der Waals surface area contributed by atoms with E-state index < -0.39 is 5.91 Å². The summed E-state index contributed by atoms with van der Waals surface area (Å²) in [5.41, 5.74) is 0.800. The van der Waals surface area contributed by atoms with Crippen LogP contribution in [0.1, 0.15) is 5.56 Å². The number of nitrogens with one attached hydrogen (secondary N) is 1. The van der Waals surface area contributed by atoms with Gasteiger partial charge in [-0.3, -0.25) is 4.79 Å². The number of oxime groups is 1. The molecule has 1 aromatic rings. The quantitative estimate of drug-likeness (QED) is 0.272. The summed E-state index contributed by atoms with van der Waals surface area (Å²) in [4.78, 5) is 11.5. The minimum atomic E-state index is -0.422. The predicted octanol–water partition coefficient (Wildman–Crippen LogP) is 0.811. The fraction of sp³-hybridized carbons (Fsp3) is 0.273. The molecule has 0 spiro atoms. The molecule has 1 rings (SSSR count).